The molecule has 4 rings (SSSR count). The van der Waals surface area contributed by atoms with Crippen LogP contribution in [0.25, 0.3) is 0 Å². The molecule has 1 amide bonds. The van der Waals surface area contributed by atoms with Crippen LogP contribution in [0.3, 0.4) is 0 Å². The molecule has 0 spiro atoms. The Labute approximate surface area is 184 Å². The molecule has 3 aromatic rings. The van der Waals surface area contributed by atoms with Crippen molar-refractivity contribution in [2.75, 3.05) is 7.05 Å². The summed E-state index contributed by atoms with van der Waals surface area (Å²) in [5.41, 5.74) is 3.04. The standard InChI is InChI=1S/C23H24FN3O3S/c1-27(12-15-6-3-2-4-7-15)21-18(26-23(29)19-13-31-14-25-19)11-20(22(21)28)30-17-9-5-8-16(24)10-17/h2-10,13-14,18,20-22,28H,11-12H2,1H3,(H,26,29)/t18-,20-,21+,22+/m1/s1. The first kappa shape index (κ1) is 21.4. The molecule has 1 aromatic heterocycles. The summed E-state index contributed by atoms with van der Waals surface area (Å²) in [5, 5.41) is 15.8. The molecule has 4 atom stereocenters. The molecule has 0 aliphatic heterocycles. The van der Waals surface area contributed by atoms with E-state index in [2.05, 4.69) is 10.3 Å². The summed E-state index contributed by atoms with van der Waals surface area (Å²) in [5.74, 6) is -0.348. The lowest BCUT2D eigenvalue weighted by atomic mass is 10.1. The number of benzene rings is 2. The molecule has 6 nitrogen and oxygen atoms in total. The van der Waals surface area contributed by atoms with Crippen molar-refractivity contribution >= 4 is 17.2 Å². The van der Waals surface area contributed by atoms with Gasteiger partial charge in [-0.05, 0) is 24.7 Å². The molecule has 1 aliphatic rings. The van der Waals surface area contributed by atoms with Gasteiger partial charge in [0.15, 0.2) is 0 Å². The van der Waals surface area contributed by atoms with Crippen molar-refractivity contribution in [3.63, 3.8) is 0 Å². The average Bonchev–Trinajstić information content (AvgIpc) is 3.38. The lowest BCUT2D eigenvalue weighted by Gasteiger charge is -2.32. The largest absolute Gasteiger partial charge is 0.487 e. The third-order valence-electron chi connectivity index (χ3n) is 5.48. The highest BCUT2D eigenvalue weighted by Crippen LogP contribution is 2.30. The molecule has 0 unspecified atom stereocenters. The Morgan fingerprint density at radius 1 is 1.29 bits per heavy atom. The number of aromatic nitrogens is 1. The van der Waals surface area contributed by atoms with E-state index in [1.165, 1.54) is 23.5 Å². The van der Waals surface area contributed by atoms with Crippen LogP contribution < -0.4 is 10.1 Å². The van der Waals surface area contributed by atoms with Crippen LogP contribution in [-0.2, 0) is 6.54 Å². The maximum Gasteiger partial charge on any atom is 0.271 e. The Bertz CT molecular complexity index is 1000. The molecule has 8 heteroatoms. The van der Waals surface area contributed by atoms with E-state index in [1.807, 2.05) is 42.3 Å². The van der Waals surface area contributed by atoms with E-state index in [0.717, 1.165) is 5.56 Å². The maximum atomic E-state index is 13.6. The minimum absolute atomic E-state index is 0.289. The summed E-state index contributed by atoms with van der Waals surface area (Å²) >= 11 is 1.35. The molecule has 1 saturated carbocycles. The van der Waals surface area contributed by atoms with Gasteiger partial charge in [0.2, 0.25) is 0 Å². The Balaban J connectivity index is 1.54. The van der Waals surface area contributed by atoms with Crippen LogP contribution in [0.1, 0.15) is 22.5 Å². The molecule has 162 valence electrons. The number of rotatable bonds is 7. The molecule has 2 N–H and O–H groups in total. The minimum atomic E-state index is -0.877. The van der Waals surface area contributed by atoms with Crippen LogP contribution in [0.2, 0.25) is 0 Å². The Morgan fingerprint density at radius 2 is 2.10 bits per heavy atom. The number of likely N-dealkylation sites (N-methyl/N-ethyl adjacent to an activating group) is 1. The van der Waals surface area contributed by atoms with Crippen LogP contribution >= 0.6 is 11.3 Å². The van der Waals surface area contributed by atoms with E-state index in [9.17, 15) is 14.3 Å². The van der Waals surface area contributed by atoms with E-state index in [4.69, 9.17) is 4.74 Å². The van der Waals surface area contributed by atoms with Crippen LogP contribution in [-0.4, -0.2) is 52.2 Å². The summed E-state index contributed by atoms with van der Waals surface area (Å²) in [6.07, 6.45) is -1.08. The van der Waals surface area contributed by atoms with Crippen LogP contribution in [0, 0.1) is 5.82 Å². The number of nitrogens with zero attached hydrogens (tertiary/aromatic N) is 2. The average molecular weight is 442 g/mol. The van der Waals surface area contributed by atoms with Gasteiger partial charge in [0.25, 0.3) is 5.91 Å². The zero-order valence-corrected chi connectivity index (χ0v) is 17.8. The third kappa shape index (κ3) is 5.10. The third-order valence-corrected chi connectivity index (χ3v) is 6.06. The van der Waals surface area contributed by atoms with Gasteiger partial charge in [0.1, 0.15) is 29.5 Å². The van der Waals surface area contributed by atoms with Crippen molar-refractivity contribution in [2.45, 2.75) is 37.3 Å². The van der Waals surface area contributed by atoms with Crippen molar-refractivity contribution < 1.29 is 19.0 Å². The molecule has 1 heterocycles. The van der Waals surface area contributed by atoms with Crippen molar-refractivity contribution in [3.05, 3.63) is 82.6 Å². The molecule has 0 bridgehead atoms. The van der Waals surface area contributed by atoms with Gasteiger partial charge < -0.3 is 15.2 Å². The SMILES string of the molecule is CN(Cc1ccccc1)[C@@H]1[C@@H](O)[C@H](Oc2cccc(F)c2)C[C@H]1NC(=O)c1cscn1. The van der Waals surface area contributed by atoms with Crippen LogP contribution in [0.4, 0.5) is 4.39 Å². The number of hydrogen-bond acceptors (Lipinski definition) is 6. The molecule has 31 heavy (non-hydrogen) atoms. The predicted octanol–water partition coefficient (Wildman–Crippen LogP) is 3.09. The number of nitrogens with one attached hydrogen (secondary N) is 1. The maximum absolute atomic E-state index is 13.6. The fraction of sp³-hybridized carbons (Fsp3) is 0.304. The summed E-state index contributed by atoms with van der Waals surface area (Å²) in [6.45, 7) is 0.596. The van der Waals surface area contributed by atoms with E-state index >= 15 is 0 Å². The molecule has 0 saturated heterocycles. The van der Waals surface area contributed by atoms with E-state index in [-0.39, 0.29) is 18.0 Å². The second kappa shape index (κ2) is 9.55. The number of aliphatic hydroxyl groups is 1. The fourth-order valence-corrected chi connectivity index (χ4v) is 4.61. The number of ether oxygens (including phenoxy) is 1. The molecular formula is C23H24FN3O3S. The van der Waals surface area contributed by atoms with E-state index in [0.29, 0.717) is 24.4 Å². The number of carbonyl (C=O) groups is 1. The topological polar surface area (TPSA) is 74.7 Å². The van der Waals surface area contributed by atoms with Crippen LogP contribution in [0.5, 0.6) is 5.75 Å². The Morgan fingerprint density at radius 3 is 2.81 bits per heavy atom. The summed E-state index contributed by atoms with van der Waals surface area (Å²) in [6, 6.07) is 15.0. The van der Waals surface area contributed by atoms with Gasteiger partial charge in [-0.3, -0.25) is 9.69 Å². The number of carbonyl (C=O) groups excluding carboxylic acids is 1. The second-order valence-electron chi connectivity index (χ2n) is 7.68. The van der Waals surface area contributed by atoms with E-state index in [1.54, 1.807) is 23.0 Å². The zero-order valence-electron chi connectivity index (χ0n) is 17.0. The molecule has 0 radical (unpaired) electrons. The summed E-state index contributed by atoms with van der Waals surface area (Å²) in [4.78, 5) is 18.7. The van der Waals surface area contributed by atoms with Crippen molar-refractivity contribution in [3.8, 4) is 5.75 Å². The minimum Gasteiger partial charge on any atom is -0.487 e. The van der Waals surface area contributed by atoms with E-state index < -0.39 is 18.0 Å². The van der Waals surface area contributed by atoms with Gasteiger partial charge in [-0.25, -0.2) is 9.37 Å². The Kier molecular flexibility index (Phi) is 6.60. The zero-order chi connectivity index (χ0) is 21.8. The van der Waals surface area contributed by atoms with Gasteiger partial charge in [-0.2, -0.15) is 0 Å². The summed E-state index contributed by atoms with van der Waals surface area (Å²) in [7, 11) is 1.91. The highest BCUT2D eigenvalue weighted by Gasteiger charge is 2.46. The monoisotopic (exact) mass is 441 g/mol. The normalized spacial score (nSPS) is 23.1. The molecule has 1 aliphatic carbocycles. The van der Waals surface area contributed by atoms with Crippen molar-refractivity contribution in [2.24, 2.45) is 0 Å². The predicted molar refractivity (Wildman–Crippen MR) is 117 cm³/mol. The first-order valence-corrected chi connectivity index (χ1v) is 11.0. The first-order valence-electron chi connectivity index (χ1n) is 10.0. The molecule has 1 fully saturated rings. The van der Waals surface area contributed by atoms with Gasteiger partial charge in [-0.1, -0.05) is 36.4 Å². The van der Waals surface area contributed by atoms with Crippen molar-refractivity contribution in [1.29, 1.82) is 0 Å². The number of amides is 1. The van der Waals surface area contributed by atoms with Crippen LogP contribution in [0.15, 0.2) is 65.5 Å². The number of halogens is 1. The number of aliphatic hydroxyl groups excluding tert-OH is 1. The quantitative estimate of drug-likeness (QED) is 0.589. The van der Waals surface area contributed by atoms with Gasteiger partial charge in [0.05, 0.1) is 17.6 Å². The van der Waals surface area contributed by atoms with Gasteiger partial charge in [-0.15, -0.1) is 11.3 Å². The number of hydrogen-bond donors (Lipinski definition) is 2. The summed E-state index contributed by atoms with van der Waals surface area (Å²) < 4.78 is 19.5. The number of thiazole rings is 1. The van der Waals surface area contributed by atoms with Crippen molar-refractivity contribution in [1.82, 2.24) is 15.2 Å². The fourth-order valence-electron chi connectivity index (χ4n) is 4.08. The lowest BCUT2D eigenvalue weighted by molar-refractivity contribution is 0.0124. The second-order valence-corrected chi connectivity index (χ2v) is 8.40. The highest BCUT2D eigenvalue weighted by atomic mass is 32.1. The highest BCUT2D eigenvalue weighted by molar-refractivity contribution is 7.07. The molecule has 2 aromatic carbocycles. The van der Waals surface area contributed by atoms with Gasteiger partial charge in [0, 0.05) is 24.4 Å². The smallest absolute Gasteiger partial charge is 0.271 e. The first-order chi connectivity index (χ1) is 15.0. The molecular weight excluding hydrogens is 417 g/mol. The van der Waals surface area contributed by atoms with Gasteiger partial charge >= 0.3 is 0 Å². The lowest BCUT2D eigenvalue weighted by Crippen LogP contribution is -2.51. The Hall–Kier alpha value is -2.81.